The van der Waals surface area contributed by atoms with Gasteiger partial charge in [0, 0.05) is 32.2 Å². The van der Waals surface area contributed by atoms with E-state index in [0.29, 0.717) is 6.04 Å². The maximum Gasteiger partial charge on any atom is 0.321 e. The minimum Gasteiger partial charge on any atom is -0.341 e. The average molecular weight is 254 g/mol. The van der Waals surface area contributed by atoms with E-state index in [1.54, 1.807) is 6.92 Å². The number of urea groups is 1. The molecule has 2 unspecified atom stereocenters. The molecule has 1 heterocycles. The van der Waals surface area contributed by atoms with Crippen LogP contribution in [0, 0.1) is 0 Å². The Balaban J connectivity index is 1.71. The van der Waals surface area contributed by atoms with Crippen LogP contribution < -0.4 is 16.0 Å². The van der Waals surface area contributed by atoms with Crippen LogP contribution in [0.5, 0.6) is 0 Å². The molecule has 0 aromatic heterocycles. The van der Waals surface area contributed by atoms with E-state index < -0.39 is 6.03 Å². The lowest BCUT2D eigenvalue weighted by atomic mass is 10.2. The molecule has 0 bridgehead atoms. The van der Waals surface area contributed by atoms with Crippen LogP contribution in [0.3, 0.4) is 0 Å². The molecule has 1 saturated heterocycles. The fourth-order valence-electron chi connectivity index (χ4n) is 2.41. The normalized spacial score (nSPS) is 25.8. The summed E-state index contributed by atoms with van der Waals surface area (Å²) < 4.78 is 0. The smallest absolute Gasteiger partial charge is 0.321 e. The van der Waals surface area contributed by atoms with Crippen molar-refractivity contribution in [1.82, 2.24) is 20.9 Å². The zero-order valence-corrected chi connectivity index (χ0v) is 11.0. The molecule has 2 aliphatic rings. The third kappa shape index (κ3) is 3.43. The number of carbonyl (C=O) groups excluding carboxylic acids is 2. The summed E-state index contributed by atoms with van der Waals surface area (Å²) in [7, 11) is 1.49. The fraction of sp³-hybridized carbons (Fsp3) is 0.833. The molecule has 0 aromatic carbocycles. The average Bonchev–Trinajstić information content (AvgIpc) is 3.10. The Kier molecular flexibility index (Phi) is 4.19. The zero-order chi connectivity index (χ0) is 13.1. The molecule has 0 radical (unpaired) electrons. The predicted octanol–water partition coefficient (Wildman–Crippen LogP) is -0.343. The number of carbonyl (C=O) groups is 2. The lowest BCUT2D eigenvalue weighted by Gasteiger charge is -2.19. The van der Waals surface area contributed by atoms with Gasteiger partial charge in [-0.2, -0.15) is 0 Å². The van der Waals surface area contributed by atoms with Crippen molar-refractivity contribution in [2.75, 3.05) is 20.1 Å². The Bertz CT molecular complexity index is 330. The van der Waals surface area contributed by atoms with Crippen molar-refractivity contribution in [1.29, 1.82) is 0 Å². The fourth-order valence-corrected chi connectivity index (χ4v) is 2.41. The number of amides is 3. The van der Waals surface area contributed by atoms with E-state index in [1.165, 1.54) is 19.9 Å². The number of nitrogens with one attached hydrogen (secondary N) is 3. The number of nitrogens with zero attached hydrogens (tertiary/aromatic N) is 1. The van der Waals surface area contributed by atoms with Gasteiger partial charge in [-0.05, 0) is 26.2 Å². The van der Waals surface area contributed by atoms with Crippen molar-refractivity contribution < 1.29 is 9.59 Å². The van der Waals surface area contributed by atoms with Gasteiger partial charge in [0.1, 0.15) is 0 Å². The number of hydrogen-bond acceptors (Lipinski definition) is 4. The quantitative estimate of drug-likeness (QED) is 0.641. The number of hydrogen-bond donors (Lipinski definition) is 3. The summed E-state index contributed by atoms with van der Waals surface area (Å²) >= 11 is 0. The van der Waals surface area contributed by atoms with Crippen LogP contribution >= 0.6 is 0 Å². The molecule has 0 aromatic rings. The van der Waals surface area contributed by atoms with E-state index in [4.69, 9.17) is 0 Å². The van der Waals surface area contributed by atoms with Gasteiger partial charge in [0.2, 0.25) is 5.91 Å². The minimum absolute atomic E-state index is 0.278. The SMILES string of the molecule is CNC(=O)NC(=O)C(C)NC1CCN(C2CC2)C1. The Labute approximate surface area is 107 Å². The summed E-state index contributed by atoms with van der Waals surface area (Å²) in [5, 5.41) is 7.94. The predicted molar refractivity (Wildman–Crippen MR) is 68.2 cm³/mol. The van der Waals surface area contributed by atoms with Crippen LogP contribution in [0.2, 0.25) is 0 Å². The van der Waals surface area contributed by atoms with Crippen molar-refractivity contribution >= 4 is 11.9 Å². The third-order valence-electron chi connectivity index (χ3n) is 3.63. The van der Waals surface area contributed by atoms with E-state index >= 15 is 0 Å². The first-order chi connectivity index (χ1) is 8.60. The van der Waals surface area contributed by atoms with Gasteiger partial charge < -0.3 is 10.6 Å². The van der Waals surface area contributed by atoms with Crippen LogP contribution in [0.4, 0.5) is 4.79 Å². The van der Waals surface area contributed by atoms with E-state index in [2.05, 4.69) is 20.9 Å². The second kappa shape index (κ2) is 5.67. The topological polar surface area (TPSA) is 73.5 Å². The number of imide groups is 1. The summed E-state index contributed by atoms with van der Waals surface area (Å²) in [6.07, 6.45) is 3.72. The monoisotopic (exact) mass is 254 g/mol. The summed E-state index contributed by atoms with van der Waals surface area (Å²) in [6, 6.07) is 0.342. The van der Waals surface area contributed by atoms with Crippen molar-refractivity contribution in [2.45, 2.75) is 44.3 Å². The van der Waals surface area contributed by atoms with Gasteiger partial charge >= 0.3 is 6.03 Å². The van der Waals surface area contributed by atoms with Crippen LogP contribution in [0.15, 0.2) is 0 Å². The molecule has 6 nitrogen and oxygen atoms in total. The lowest BCUT2D eigenvalue weighted by Crippen LogP contribution is -2.50. The first-order valence-corrected chi connectivity index (χ1v) is 6.63. The van der Waals surface area contributed by atoms with E-state index in [1.807, 2.05) is 0 Å². The maximum atomic E-state index is 11.7. The first kappa shape index (κ1) is 13.3. The van der Waals surface area contributed by atoms with Gasteiger partial charge in [-0.15, -0.1) is 0 Å². The summed E-state index contributed by atoms with van der Waals surface area (Å²) in [5.41, 5.74) is 0. The summed E-state index contributed by atoms with van der Waals surface area (Å²) in [5.74, 6) is -0.278. The highest BCUT2D eigenvalue weighted by Crippen LogP contribution is 2.29. The first-order valence-electron chi connectivity index (χ1n) is 6.63. The molecule has 2 atom stereocenters. The van der Waals surface area contributed by atoms with Gasteiger partial charge in [0.05, 0.1) is 6.04 Å². The molecule has 102 valence electrons. The summed E-state index contributed by atoms with van der Waals surface area (Å²) in [6.45, 7) is 3.92. The molecule has 2 rings (SSSR count). The van der Waals surface area contributed by atoms with Crippen LogP contribution in [0.1, 0.15) is 26.2 Å². The van der Waals surface area contributed by atoms with Crippen LogP contribution in [-0.2, 0) is 4.79 Å². The molecular weight excluding hydrogens is 232 g/mol. The van der Waals surface area contributed by atoms with Gasteiger partial charge in [0.15, 0.2) is 0 Å². The third-order valence-corrected chi connectivity index (χ3v) is 3.63. The highest BCUT2D eigenvalue weighted by atomic mass is 16.2. The van der Waals surface area contributed by atoms with Gasteiger partial charge in [0.25, 0.3) is 0 Å². The van der Waals surface area contributed by atoms with Gasteiger partial charge in [-0.1, -0.05) is 0 Å². The zero-order valence-electron chi connectivity index (χ0n) is 11.0. The van der Waals surface area contributed by atoms with Crippen molar-refractivity contribution in [2.24, 2.45) is 0 Å². The second-order valence-corrected chi connectivity index (χ2v) is 5.17. The molecule has 1 saturated carbocycles. The molecule has 18 heavy (non-hydrogen) atoms. The van der Waals surface area contributed by atoms with E-state index in [-0.39, 0.29) is 11.9 Å². The Morgan fingerprint density at radius 2 is 2.00 bits per heavy atom. The van der Waals surface area contributed by atoms with Crippen molar-refractivity contribution in [3.63, 3.8) is 0 Å². The molecule has 3 N–H and O–H groups in total. The van der Waals surface area contributed by atoms with Crippen molar-refractivity contribution in [3.05, 3.63) is 0 Å². The molecular formula is C12H22N4O2. The molecule has 1 aliphatic heterocycles. The molecule has 6 heteroatoms. The minimum atomic E-state index is -0.459. The van der Waals surface area contributed by atoms with Crippen LogP contribution in [0.25, 0.3) is 0 Å². The molecule has 1 aliphatic carbocycles. The highest BCUT2D eigenvalue weighted by molar-refractivity contribution is 5.96. The Morgan fingerprint density at radius 3 is 2.61 bits per heavy atom. The Morgan fingerprint density at radius 1 is 1.28 bits per heavy atom. The highest BCUT2D eigenvalue weighted by Gasteiger charge is 2.35. The van der Waals surface area contributed by atoms with Crippen molar-refractivity contribution in [3.8, 4) is 0 Å². The standard InChI is InChI=1S/C12H22N4O2/c1-8(11(17)15-12(18)13-2)14-9-5-6-16(7-9)10-3-4-10/h8-10,14H,3-7H2,1-2H3,(H2,13,15,17,18). The summed E-state index contributed by atoms with van der Waals surface area (Å²) in [4.78, 5) is 25.2. The van der Waals surface area contributed by atoms with Crippen LogP contribution in [-0.4, -0.2) is 55.1 Å². The molecule has 3 amide bonds. The van der Waals surface area contributed by atoms with E-state index in [9.17, 15) is 9.59 Å². The maximum absolute atomic E-state index is 11.7. The van der Waals surface area contributed by atoms with Gasteiger partial charge in [-0.3, -0.25) is 15.0 Å². The second-order valence-electron chi connectivity index (χ2n) is 5.17. The van der Waals surface area contributed by atoms with Gasteiger partial charge in [-0.25, -0.2) is 4.79 Å². The lowest BCUT2D eigenvalue weighted by molar-refractivity contribution is -0.121. The molecule has 2 fully saturated rings. The number of likely N-dealkylation sites (tertiary alicyclic amines) is 1. The molecule has 0 spiro atoms. The van der Waals surface area contributed by atoms with E-state index in [0.717, 1.165) is 25.6 Å². The Hall–Kier alpha value is -1.14. The largest absolute Gasteiger partial charge is 0.341 e. The number of rotatable bonds is 4.